The highest BCUT2D eigenvalue weighted by molar-refractivity contribution is 5.80. The van der Waals surface area contributed by atoms with E-state index in [-0.39, 0.29) is 6.61 Å². The number of pyridine rings is 1. The Hall–Kier alpha value is -2.44. The molecule has 1 aliphatic heterocycles. The van der Waals surface area contributed by atoms with Crippen molar-refractivity contribution in [3.8, 4) is 5.75 Å². The Kier molecular flexibility index (Phi) is 5.85. The van der Waals surface area contributed by atoms with Gasteiger partial charge in [-0.2, -0.15) is 0 Å². The summed E-state index contributed by atoms with van der Waals surface area (Å²) in [6.45, 7) is 5.88. The third kappa shape index (κ3) is 4.20. The molecule has 1 atom stereocenters. The highest BCUT2D eigenvalue weighted by atomic mass is 16.5. The maximum Gasteiger partial charge on any atom is 0.252 e. The first-order valence-electron chi connectivity index (χ1n) is 8.87. The van der Waals surface area contributed by atoms with Gasteiger partial charge in [-0.1, -0.05) is 18.2 Å². The molecule has 0 spiro atoms. The smallest absolute Gasteiger partial charge is 0.252 e. The van der Waals surface area contributed by atoms with Gasteiger partial charge in [-0.3, -0.25) is 9.78 Å². The van der Waals surface area contributed by atoms with E-state index in [0.29, 0.717) is 12.3 Å². The molecule has 1 amide bonds. The van der Waals surface area contributed by atoms with Crippen molar-refractivity contribution in [1.82, 2.24) is 15.6 Å². The zero-order valence-corrected chi connectivity index (χ0v) is 15.2. The van der Waals surface area contributed by atoms with Crippen molar-refractivity contribution in [2.24, 2.45) is 0 Å². The minimum absolute atomic E-state index is 0.0786. The summed E-state index contributed by atoms with van der Waals surface area (Å²) in [4.78, 5) is 16.7. The van der Waals surface area contributed by atoms with Gasteiger partial charge >= 0.3 is 0 Å². The number of amides is 1. The minimum Gasteiger partial charge on any atom is -0.490 e. The lowest BCUT2D eigenvalue weighted by Crippen LogP contribution is -2.38. The molecule has 1 unspecified atom stereocenters. The third-order valence-corrected chi connectivity index (χ3v) is 4.70. The number of para-hydroxylation sites is 1. The second-order valence-corrected chi connectivity index (χ2v) is 6.56. The number of fused-ring (bicyclic) bond motifs is 1. The second-order valence-electron chi connectivity index (χ2n) is 6.56. The van der Waals surface area contributed by atoms with E-state index < -0.39 is 12.0 Å². The standard InChI is InChI=1S/C20H25N3O3/c1-13-5-3-4-6-19(13)26-12-18(24)20(25)23-11-17-14(2)22-10-15-9-21-8-7-16(15)17/h3-6,10,18,21,24H,7-9,11-12H2,1-2H3,(H,23,25). The molecule has 6 heteroatoms. The molecule has 26 heavy (non-hydrogen) atoms. The molecule has 6 nitrogen and oxygen atoms in total. The van der Waals surface area contributed by atoms with Gasteiger partial charge < -0.3 is 20.5 Å². The number of aryl methyl sites for hydroxylation is 2. The SMILES string of the molecule is Cc1ccccc1OCC(O)C(=O)NCc1c(C)ncc2c1CCNC2. The van der Waals surface area contributed by atoms with Crippen molar-refractivity contribution >= 4 is 5.91 Å². The largest absolute Gasteiger partial charge is 0.490 e. The van der Waals surface area contributed by atoms with Crippen LogP contribution in [0.15, 0.2) is 30.5 Å². The van der Waals surface area contributed by atoms with Crippen molar-refractivity contribution in [2.45, 2.75) is 39.5 Å². The molecule has 0 aliphatic carbocycles. The van der Waals surface area contributed by atoms with Crippen LogP contribution in [0.25, 0.3) is 0 Å². The highest BCUT2D eigenvalue weighted by Crippen LogP contribution is 2.20. The van der Waals surface area contributed by atoms with Gasteiger partial charge in [-0.05, 0) is 55.1 Å². The molecule has 0 saturated heterocycles. The van der Waals surface area contributed by atoms with Crippen LogP contribution < -0.4 is 15.4 Å². The molecule has 1 aromatic heterocycles. The topological polar surface area (TPSA) is 83.5 Å². The molecule has 0 radical (unpaired) electrons. The Labute approximate surface area is 153 Å². The van der Waals surface area contributed by atoms with Crippen LogP contribution in [0.3, 0.4) is 0 Å². The molecule has 3 rings (SSSR count). The summed E-state index contributed by atoms with van der Waals surface area (Å²) in [6, 6.07) is 7.51. The van der Waals surface area contributed by atoms with E-state index in [1.54, 1.807) is 0 Å². The van der Waals surface area contributed by atoms with Crippen molar-refractivity contribution in [3.05, 3.63) is 58.4 Å². The zero-order chi connectivity index (χ0) is 18.5. The number of rotatable bonds is 6. The molecule has 138 valence electrons. The molecule has 0 bridgehead atoms. The van der Waals surface area contributed by atoms with Crippen LogP contribution in [0.4, 0.5) is 0 Å². The molecule has 0 fully saturated rings. The zero-order valence-electron chi connectivity index (χ0n) is 15.2. The molecule has 0 saturated carbocycles. The molecule has 2 heterocycles. The van der Waals surface area contributed by atoms with Gasteiger partial charge in [0.05, 0.1) is 0 Å². The van der Waals surface area contributed by atoms with Gasteiger partial charge in [-0.25, -0.2) is 0 Å². The number of aliphatic hydroxyl groups excluding tert-OH is 1. The van der Waals surface area contributed by atoms with E-state index in [4.69, 9.17) is 4.74 Å². The van der Waals surface area contributed by atoms with E-state index in [2.05, 4.69) is 15.6 Å². The van der Waals surface area contributed by atoms with E-state index >= 15 is 0 Å². The van der Waals surface area contributed by atoms with Gasteiger partial charge in [0.1, 0.15) is 12.4 Å². The molecule has 1 aliphatic rings. The Morgan fingerprint density at radius 1 is 1.38 bits per heavy atom. The normalized spacial score (nSPS) is 14.4. The fourth-order valence-electron chi connectivity index (χ4n) is 3.13. The molecular formula is C20H25N3O3. The average molecular weight is 355 g/mol. The average Bonchev–Trinajstić information content (AvgIpc) is 2.66. The lowest BCUT2D eigenvalue weighted by molar-refractivity contribution is -0.130. The number of benzene rings is 1. The van der Waals surface area contributed by atoms with Crippen LogP contribution in [-0.4, -0.2) is 35.3 Å². The first-order chi connectivity index (χ1) is 12.6. The van der Waals surface area contributed by atoms with Gasteiger partial charge in [0, 0.05) is 25.0 Å². The fourth-order valence-corrected chi connectivity index (χ4v) is 3.13. The maximum atomic E-state index is 12.2. The Bertz CT molecular complexity index is 792. The van der Waals surface area contributed by atoms with E-state index in [0.717, 1.165) is 36.3 Å². The number of ether oxygens (including phenoxy) is 1. The second kappa shape index (κ2) is 8.29. The summed E-state index contributed by atoms with van der Waals surface area (Å²) in [5, 5.41) is 16.2. The number of aromatic nitrogens is 1. The summed E-state index contributed by atoms with van der Waals surface area (Å²) in [6.07, 6.45) is 1.60. The molecule has 1 aromatic carbocycles. The number of carbonyl (C=O) groups excluding carboxylic acids is 1. The predicted molar refractivity (Wildman–Crippen MR) is 98.9 cm³/mol. The summed E-state index contributed by atoms with van der Waals surface area (Å²) >= 11 is 0. The summed E-state index contributed by atoms with van der Waals surface area (Å²) in [5.41, 5.74) is 5.35. The van der Waals surface area contributed by atoms with Crippen molar-refractivity contribution in [2.75, 3.05) is 13.2 Å². The Balaban J connectivity index is 1.58. The number of aliphatic hydroxyl groups is 1. The van der Waals surface area contributed by atoms with Gasteiger partial charge in [0.2, 0.25) is 0 Å². The van der Waals surface area contributed by atoms with E-state index in [9.17, 15) is 9.90 Å². The van der Waals surface area contributed by atoms with Crippen LogP contribution in [0, 0.1) is 13.8 Å². The lowest BCUT2D eigenvalue weighted by Gasteiger charge is -2.22. The molecule has 3 N–H and O–H groups in total. The monoisotopic (exact) mass is 355 g/mol. The highest BCUT2D eigenvalue weighted by Gasteiger charge is 2.19. The van der Waals surface area contributed by atoms with Crippen LogP contribution in [0.1, 0.15) is 27.9 Å². The third-order valence-electron chi connectivity index (χ3n) is 4.70. The summed E-state index contributed by atoms with van der Waals surface area (Å²) in [7, 11) is 0. The first-order valence-corrected chi connectivity index (χ1v) is 8.87. The van der Waals surface area contributed by atoms with Crippen LogP contribution in [0.2, 0.25) is 0 Å². The number of hydrogen-bond donors (Lipinski definition) is 3. The molecular weight excluding hydrogens is 330 g/mol. The Morgan fingerprint density at radius 3 is 3.00 bits per heavy atom. The van der Waals surface area contributed by atoms with Gasteiger partial charge in [0.25, 0.3) is 5.91 Å². The Morgan fingerprint density at radius 2 is 2.19 bits per heavy atom. The maximum absolute atomic E-state index is 12.2. The van der Waals surface area contributed by atoms with Crippen LogP contribution >= 0.6 is 0 Å². The fraction of sp³-hybridized carbons (Fsp3) is 0.400. The summed E-state index contributed by atoms with van der Waals surface area (Å²) < 4.78 is 5.55. The summed E-state index contributed by atoms with van der Waals surface area (Å²) in [5.74, 6) is 0.230. The van der Waals surface area contributed by atoms with Crippen LogP contribution in [-0.2, 0) is 24.3 Å². The number of nitrogens with one attached hydrogen (secondary N) is 2. The van der Waals surface area contributed by atoms with E-state index in [1.165, 1.54) is 11.1 Å². The van der Waals surface area contributed by atoms with Crippen molar-refractivity contribution in [1.29, 1.82) is 0 Å². The first kappa shape index (κ1) is 18.4. The number of nitrogens with zero attached hydrogens (tertiary/aromatic N) is 1. The lowest BCUT2D eigenvalue weighted by atomic mass is 9.96. The van der Waals surface area contributed by atoms with E-state index in [1.807, 2.05) is 44.3 Å². The quantitative estimate of drug-likeness (QED) is 0.730. The minimum atomic E-state index is -1.22. The molecule has 2 aromatic rings. The predicted octanol–water partition coefficient (Wildman–Crippen LogP) is 1.40. The van der Waals surface area contributed by atoms with Crippen molar-refractivity contribution in [3.63, 3.8) is 0 Å². The van der Waals surface area contributed by atoms with Gasteiger partial charge in [-0.15, -0.1) is 0 Å². The number of hydrogen-bond acceptors (Lipinski definition) is 5. The van der Waals surface area contributed by atoms with Crippen LogP contribution in [0.5, 0.6) is 5.75 Å². The van der Waals surface area contributed by atoms with Crippen molar-refractivity contribution < 1.29 is 14.6 Å². The van der Waals surface area contributed by atoms with Gasteiger partial charge in [0.15, 0.2) is 6.10 Å². The number of carbonyl (C=O) groups is 1.